The molecular weight excluding hydrogens is 452 g/mol. The zero-order valence-corrected chi connectivity index (χ0v) is 18.4. The van der Waals surface area contributed by atoms with Crippen LogP contribution in [0, 0.1) is 0 Å². The van der Waals surface area contributed by atoms with Crippen molar-refractivity contribution in [2.24, 2.45) is 5.10 Å². The number of nitrogens with zero attached hydrogens (tertiary/aromatic N) is 2. The van der Waals surface area contributed by atoms with Crippen molar-refractivity contribution in [3.8, 4) is 11.5 Å². The second-order valence-electron chi connectivity index (χ2n) is 6.41. The highest BCUT2D eigenvalue weighted by atomic mass is 79.9. The maximum atomic E-state index is 13.0. The SMILES string of the molecule is CCOc1cc(/C=C2\C(=O)N(c3cccc(C(=O)O)c3)N=C2C)cc(Br)c1OCC. The highest BCUT2D eigenvalue weighted by molar-refractivity contribution is 9.10. The van der Waals surface area contributed by atoms with E-state index < -0.39 is 5.97 Å². The minimum absolute atomic E-state index is 0.0855. The quantitative estimate of drug-likeness (QED) is 0.587. The number of carbonyl (C=O) groups excluding carboxylic acids is 1. The molecule has 8 heteroatoms. The first kappa shape index (κ1) is 21.6. The van der Waals surface area contributed by atoms with Crippen LogP contribution in [0.15, 0.2) is 51.5 Å². The molecule has 3 rings (SSSR count). The van der Waals surface area contributed by atoms with Gasteiger partial charge in [-0.05, 0) is 78.7 Å². The molecule has 0 radical (unpaired) electrons. The molecule has 7 nitrogen and oxygen atoms in total. The maximum Gasteiger partial charge on any atom is 0.335 e. The predicted molar refractivity (Wildman–Crippen MR) is 118 cm³/mol. The third-order valence-electron chi connectivity index (χ3n) is 4.33. The molecule has 1 heterocycles. The lowest BCUT2D eigenvalue weighted by molar-refractivity contribution is -0.114. The smallest absolute Gasteiger partial charge is 0.335 e. The second-order valence-corrected chi connectivity index (χ2v) is 7.27. The molecule has 0 spiro atoms. The number of benzene rings is 2. The Morgan fingerprint density at radius 3 is 2.60 bits per heavy atom. The van der Waals surface area contributed by atoms with Gasteiger partial charge >= 0.3 is 5.97 Å². The third kappa shape index (κ3) is 4.38. The molecule has 1 amide bonds. The highest BCUT2D eigenvalue weighted by Gasteiger charge is 2.29. The van der Waals surface area contributed by atoms with Crippen LogP contribution in [0.4, 0.5) is 5.69 Å². The van der Waals surface area contributed by atoms with Crippen molar-refractivity contribution in [1.29, 1.82) is 0 Å². The summed E-state index contributed by atoms with van der Waals surface area (Å²) in [5.74, 6) is -0.218. The standard InChI is InChI=1S/C22H21BrN2O5/c1-4-29-19-11-14(10-18(23)20(19)30-5-2)9-17-13(3)24-25(21(17)26)16-8-6-7-15(12-16)22(27)28/h6-12H,4-5H2,1-3H3,(H,27,28)/b17-9-. The lowest BCUT2D eigenvalue weighted by atomic mass is 10.1. The monoisotopic (exact) mass is 472 g/mol. The molecule has 1 aliphatic rings. The molecule has 0 aromatic heterocycles. The zero-order chi connectivity index (χ0) is 21.8. The van der Waals surface area contributed by atoms with Crippen molar-refractivity contribution in [2.45, 2.75) is 20.8 Å². The summed E-state index contributed by atoms with van der Waals surface area (Å²) < 4.78 is 12.1. The lowest BCUT2D eigenvalue weighted by Gasteiger charge is -2.14. The molecule has 0 saturated heterocycles. The van der Waals surface area contributed by atoms with Gasteiger partial charge in [-0.25, -0.2) is 4.79 Å². The number of carbonyl (C=O) groups is 2. The molecule has 1 aliphatic heterocycles. The van der Waals surface area contributed by atoms with Gasteiger partial charge in [-0.3, -0.25) is 4.79 Å². The van der Waals surface area contributed by atoms with Crippen LogP contribution < -0.4 is 14.5 Å². The van der Waals surface area contributed by atoms with E-state index in [1.54, 1.807) is 31.2 Å². The molecule has 0 atom stereocenters. The fourth-order valence-corrected chi connectivity index (χ4v) is 3.59. The van der Waals surface area contributed by atoms with E-state index in [0.29, 0.717) is 46.2 Å². The van der Waals surface area contributed by atoms with E-state index >= 15 is 0 Å². The molecule has 2 aromatic carbocycles. The van der Waals surface area contributed by atoms with Gasteiger partial charge < -0.3 is 14.6 Å². The molecule has 0 aliphatic carbocycles. The Morgan fingerprint density at radius 1 is 1.20 bits per heavy atom. The van der Waals surface area contributed by atoms with Crippen LogP contribution in [0.3, 0.4) is 0 Å². The Kier molecular flexibility index (Phi) is 6.56. The Hall–Kier alpha value is -3.13. The van der Waals surface area contributed by atoms with Crippen molar-refractivity contribution >= 4 is 45.3 Å². The summed E-state index contributed by atoms with van der Waals surface area (Å²) in [7, 11) is 0. The van der Waals surface area contributed by atoms with Crippen LogP contribution in [-0.4, -0.2) is 35.9 Å². The normalized spacial score (nSPS) is 14.8. The van der Waals surface area contributed by atoms with Crippen molar-refractivity contribution in [1.82, 2.24) is 0 Å². The molecular formula is C22H21BrN2O5. The van der Waals surface area contributed by atoms with Gasteiger partial charge in [0.1, 0.15) is 0 Å². The van der Waals surface area contributed by atoms with Crippen LogP contribution in [0.5, 0.6) is 11.5 Å². The van der Waals surface area contributed by atoms with Gasteiger partial charge in [-0.1, -0.05) is 6.07 Å². The Bertz CT molecular complexity index is 1060. The minimum Gasteiger partial charge on any atom is -0.490 e. The topological polar surface area (TPSA) is 88.4 Å². The first-order valence-electron chi connectivity index (χ1n) is 9.39. The summed E-state index contributed by atoms with van der Waals surface area (Å²) in [5, 5.41) is 14.7. The highest BCUT2D eigenvalue weighted by Crippen LogP contribution is 2.38. The summed E-state index contributed by atoms with van der Waals surface area (Å²) in [6.45, 7) is 6.48. The average Bonchev–Trinajstić information content (AvgIpc) is 2.99. The van der Waals surface area contributed by atoms with Gasteiger partial charge in [0.2, 0.25) is 0 Å². The molecule has 30 heavy (non-hydrogen) atoms. The molecule has 156 valence electrons. The number of ether oxygens (including phenoxy) is 2. The van der Waals surface area contributed by atoms with Gasteiger partial charge in [0.05, 0.1) is 40.2 Å². The molecule has 0 saturated carbocycles. The van der Waals surface area contributed by atoms with Crippen LogP contribution >= 0.6 is 15.9 Å². The lowest BCUT2D eigenvalue weighted by Crippen LogP contribution is -2.21. The van der Waals surface area contributed by atoms with Crippen LogP contribution in [0.1, 0.15) is 36.7 Å². The Morgan fingerprint density at radius 2 is 1.93 bits per heavy atom. The molecule has 1 N–H and O–H groups in total. The number of halogens is 1. The number of carboxylic acids is 1. The van der Waals surface area contributed by atoms with Gasteiger partial charge in [-0.2, -0.15) is 10.1 Å². The summed E-state index contributed by atoms with van der Waals surface area (Å²) in [6.07, 6.45) is 1.73. The average molecular weight is 473 g/mol. The van der Waals surface area contributed by atoms with E-state index in [-0.39, 0.29) is 11.5 Å². The summed E-state index contributed by atoms with van der Waals surface area (Å²) in [6, 6.07) is 9.75. The summed E-state index contributed by atoms with van der Waals surface area (Å²) in [5.41, 5.74) is 2.17. The van der Waals surface area contributed by atoms with Crippen LogP contribution in [-0.2, 0) is 4.79 Å². The van der Waals surface area contributed by atoms with E-state index in [4.69, 9.17) is 9.47 Å². The van der Waals surface area contributed by atoms with E-state index in [1.807, 2.05) is 19.9 Å². The molecule has 0 unspecified atom stereocenters. The number of rotatable bonds is 7. The zero-order valence-electron chi connectivity index (χ0n) is 16.8. The van der Waals surface area contributed by atoms with Gasteiger partial charge in [0.25, 0.3) is 5.91 Å². The number of aromatic carboxylic acids is 1. The van der Waals surface area contributed by atoms with Gasteiger partial charge in [0, 0.05) is 0 Å². The molecule has 0 bridgehead atoms. The number of hydrazone groups is 1. The first-order chi connectivity index (χ1) is 14.3. The minimum atomic E-state index is -1.07. The van der Waals surface area contributed by atoms with Crippen LogP contribution in [0.25, 0.3) is 6.08 Å². The second kappa shape index (κ2) is 9.13. The number of anilines is 1. The van der Waals surface area contributed by atoms with Gasteiger partial charge in [0.15, 0.2) is 11.5 Å². The third-order valence-corrected chi connectivity index (χ3v) is 4.92. The van der Waals surface area contributed by atoms with Crippen molar-refractivity contribution < 1.29 is 24.2 Å². The fourth-order valence-electron chi connectivity index (χ4n) is 3.02. The van der Waals surface area contributed by atoms with Crippen LogP contribution in [0.2, 0.25) is 0 Å². The first-order valence-corrected chi connectivity index (χ1v) is 10.2. The molecule has 2 aromatic rings. The number of amides is 1. The van der Waals surface area contributed by atoms with E-state index in [2.05, 4.69) is 21.0 Å². The maximum absolute atomic E-state index is 13.0. The van der Waals surface area contributed by atoms with Crippen molar-refractivity contribution in [3.05, 3.63) is 57.6 Å². The molecule has 0 fully saturated rings. The predicted octanol–water partition coefficient (Wildman–Crippen LogP) is 4.75. The van der Waals surface area contributed by atoms with E-state index in [1.165, 1.54) is 17.1 Å². The number of hydrogen-bond donors (Lipinski definition) is 1. The van der Waals surface area contributed by atoms with Gasteiger partial charge in [-0.15, -0.1) is 0 Å². The number of carboxylic acid groups (broad SMARTS) is 1. The summed E-state index contributed by atoms with van der Waals surface area (Å²) in [4.78, 5) is 24.2. The number of hydrogen-bond acceptors (Lipinski definition) is 5. The van der Waals surface area contributed by atoms with E-state index in [9.17, 15) is 14.7 Å². The van der Waals surface area contributed by atoms with Crippen molar-refractivity contribution in [2.75, 3.05) is 18.2 Å². The van der Waals surface area contributed by atoms with E-state index in [0.717, 1.165) is 5.56 Å². The largest absolute Gasteiger partial charge is 0.490 e. The Labute approximate surface area is 182 Å². The summed E-state index contributed by atoms with van der Waals surface area (Å²) >= 11 is 3.50. The Balaban J connectivity index is 1.97. The van der Waals surface area contributed by atoms with Crippen molar-refractivity contribution in [3.63, 3.8) is 0 Å². The fraction of sp³-hybridized carbons (Fsp3) is 0.227.